The summed E-state index contributed by atoms with van der Waals surface area (Å²) >= 11 is 0. The van der Waals surface area contributed by atoms with Crippen molar-refractivity contribution in [2.45, 2.75) is 52.7 Å². The van der Waals surface area contributed by atoms with Crippen LogP contribution < -0.4 is 0 Å². The number of carbonyl (C=O) groups excluding carboxylic acids is 1. The quantitative estimate of drug-likeness (QED) is 0.829. The van der Waals surface area contributed by atoms with E-state index in [-0.39, 0.29) is 12.3 Å². The molecule has 1 amide bonds. The van der Waals surface area contributed by atoms with E-state index in [1.54, 1.807) is 34.6 Å². The van der Waals surface area contributed by atoms with Crippen LogP contribution in [0.5, 0.6) is 0 Å². The molecule has 0 aliphatic carbocycles. The lowest BCUT2D eigenvalue weighted by Gasteiger charge is -2.29. The lowest BCUT2D eigenvalue weighted by molar-refractivity contribution is -0.143. The lowest BCUT2D eigenvalue weighted by Crippen LogP contribution is -2.45. The zero-order valence-electron chi connectivity index (χ0n) is 14.0. The number of amides is 1. The van der Waals surface area contributed by atoms with Gasteiger partial charge in [0.2, 0.25) is 0 Å². The Labute approximate surface area is 107 Å². The molecule has 0 rings (SSSR count). The van der Waals surface area contributed by atoms with E-state index >= 15 is 0 Å². The van der Waals surface area contributed by atoms with Gasteiger partial charge < -0.3 is 9.84 Å². The molecule has 0 fully saturated rings. The van der Waals surface area contributed by atoms with Gasteiger partial charge in [-0.15, -0.1) is 0 Å². The van der Waals surface area contributed by atoms with Crippen molar-refractivity contribution in [3.8, 4) is 0 Å². The first-order valence-electron chi connectivity index (χ1n) is 7.01. The summed E-state index contributed by atoms with van der Waals surface area (Å²) < 4.78 is 27.2. The van der Waals surface area contributed by atoms with E-state index in [4.69, 9.17) is 8.85 Å². The first-order chi connectivity index (χ1) is 8.75. The summed E-state index contributed by atoms with van der Waals surface area (Å²) in [6.07, 6.45) is -1.11. The highest BCUT2D eigenvalue weighted by molar-refractivity contribution is 5.79. The van der Waals surface area contributed by atoms with Crippen molar-refractivity contribution in [2.24, 2.45) is 5.92 Å². The molecule has 1 atom stereocenters. The van der Waals surface area contributed by atoms with Crippen LogP contribution in [0.2, 0.25) is 0 Å². The molecule has 1 N–H and O–H groups in total. The summed E-state index contributed by atoms with van der Waals surface area (Å²) in [5.74, 6) is -1.44. The zero-order valence-corrected chi connectivity index (χ0v) is 11.0. The minimum absolute atomic E-state index is 0.0347. The van der Waals surface area contributed by atoms with E-state index in [1.807, 2.05) is 0 Å². The fourth-order valence-electron chi connectivity index (χ4n) is 1.20. The number of nitrogens with zero attached hydrogens (tertiary/aromatic N) is 1. The molecule has 0 saturated heterocycles. The molecule has 17 heavy (non-hydrogen) atoms. The maximum Gasteiger partial charge on any atom is 0.410 e. The average Bonchev–Trinajstić information content (AvgIpc) is 2.09. The van der Waals surface area contributed by atoms with Crippen molar-refractivity contribution in [3.05, 3.63) is 0 Å². The van der Waals surface area contributed by atoms with Gasteiger partial charge in [-0.3, -0.25) is 4.90 Å². The minimum atomic E-state index is -2.87. The van der Waals surface area contributed by atoms with Crippen LogP contribution in [-0.2, 0) is 9.53 Å². The smallest absolute Gasteiger partial charge is 0.410 e. The predicted molar refractivity (Wildman–Crippen MR) is 64.9 cm³/mol. The van der Waals surface area contributed by atoms with Gasteiger partial charge in [-0.05, 0) is 33.1 Å². The topological polar surface area (TPSA) is 66.8 Å². The van der Waals surface area contributed by atoms with Crippen molar-refractivity contribution in [1.29, 1.82) is 0 Å². The molecule has 0 radical (unpaired) electrons. The summed E-state index contributed by atoms with van der Waals surface area (Å²) in [6, 6.07) is -1.45. The molecule has 0 aromatic heterocycles. The summed E-state index contributed by atoms with van der Waals surface area (Å²) in [7, 11) is 0. The number of hydrogen-bond donors (Lipinski definition) is 1. The predicted octanol–water partition coefficient (Wildman–Crippen LogP) is 2.35. The van der Waals surface area contributed by atoms with Crippen molar-refractivity contribution in [2.75, 3.05) is 6.98 Å². The van der Waals surface area contributed by atoms with Crippen LogP contribution in [0.4, 0.5) is 4.79 Å². The first-order valence-corrected chi connectivity index (χ1v) is 5.51. The highest BCUT2D eigenvalue weighted by Gasteiger charge is 2.30. The average molecular weight is 248 g/mol. The molecule has 0 heterocycles. The number of carboxylic acids is 1. The van der Waals surface area contributed by atoms with E-state index in [0.717, 1.165) is 0 Å². The Kier molecular flexibility index (Phi) is 3.76. The number of hydrogen-bond acceptors (Lipinski definition) is 3. The SMILES string of the molecule is [2H]C([2H])([2H])N(C(=O)OC(C)(C)C)[C@@H](CC(C)C)C(=O)O. The Morgan fingerprint density at radius 3 is 2.24 bits per heavy atom. The second-order valence-electron chi connectivity index (χ2n) is 5.33. The van der Waals surface area contributed by atoms with E-state index in [2.05, 4.69) is 0 Å². The standard InChI is InChI=1S/C12H23NO4/c1-8(2)7-9(10(14)15)13(6)11(16)17-12(3,4)5/h8-9H,7H2,1-6H3,(H,14,15)/t9-/m0/s1/i6D3. The van der Waals surface area contributed by atoms with Crippen molar-refractivity contribution in [3.63, 3.8) is 0 Å². The maximum atomic E-state index is 12.0. The first kappa shape index (κ1) is 10.9. The van der Waals surface area contributed by atoms with E-state index in [1.165, 1.54) is 0 Å². The number of likely N-dealkylation sites (N-methyl/N-ethyl adjacent to an activating group) is 1. The van der Waals surface area contributed by atoms with Crippen LogP contribution in [0.15, 0.2) is 0 Å². The molecular formula is C12H23NO4. The van der Waals surface area contributed by atoms with Crippen LogP contribution in [0.3, 0.4) is 0 Å². The van der Waals surface area contributed by atoms with Gasteiger partial charge in [0.15, 0.2) is 0 Å². The van der Waals surface area contributed by atoms with E-state index in [0.29, 0.717) is 4.90 Å². The van der Waals surface area contributed by atoms with Gasteiger partial charge in [-0.2, -0.15) is 0 Å². The third-order valence-electron chi connectivity index (χ3n) is 1.88. The van der Waals surface area contributed by atoms with Gasteiger partial charge in [0.25, 0.3) is 0 Å². The molecule has 0 spiro atoms. The zero-order chi connectivity index (χ0) is 16.3. The molecule has 5 nitrogen and oxygen atoms in total. The highest BCUT2D eigenvalue weighted by atomic mass is 16.6. The molecule has 0 aliphatic rings. The maximum absolute atomic E-state index is 12.0. The highest BCUT2D eigenvalue weighted by Crippen LogP contribution is 2.15. The molecular weight excluding hydrogens is 222 g/mol. The fraction of sp³-hybridized carbons (Fsp3) is 0.833. The van der Waals surface area contributed by atoms with Gasteiger partial charge in [0.05, 0.1) is 0 Å². The van der Waals surface area contributed by atoms with Gasteiger partial charge >= 0.3 is 12.1 Å². The number of ether oxygens (including phenoxy) is 1. The number of rotatable bonds is 4. The Bertz CT molecular complexity index is 361. The van der Waals surface area contributed by atoms with Crippen molar-refractivity contribution >= 4 is 12.1 Å². The number of aliphatic carboxylic acids is 1. The minimum Gasteiger partial charge on any atom is -0.480 e. The molecule has 0 saturated carbocycles. The normalized spacial score (nSPS) is 16.7. The number of carboxylic acid groups (broad SMARTS) is 1. The Balaban J connectivity index is 5.42. The van der Waals surface area contributed by atoms with E-state index in [9.17, 15) is 14.7 Å². The molecule has 0 aromatic carbocycles. The third kappa shape index (κ3) is 6.14. The van der Waals surface area contributed by atoms with Crippen LogP contribution in [0, 0.1) is 5.92 Å². The second kappa shape index (κ2) is 5.89. The summed E-state index contributed by atoms with van der Waals surface area (Å²) in [4.78, 5) is 23.6. The van der Waals surface area contributed by atoms with Crippen molar-refractivity contribution < 1.29 is 23.5 Å². The molecule has 0 unspecified atom stereocenters. The van der Waals surface area contributed by atoms with Crippen LogP contribution in [-0.4, -0.2) is 40.7 Å². The van der Waals surface area contributed by atoms with E-state index < -0.39 is 30.7 Å². The third-order valence-corrected chi connectivity index (χ3v) is 1.88. The molecule has 0 bridgehead atoms. The number of carbonyl (C=O) groups is 2. The van der Waals surface area contributed by atoms with Gasteiger partial charge in [0, 0.05) is 11.1 Å². The lowest BCUT2D eigenvalue weighted by atomic mass is 10.0. The Morgan fingerprint density at radius 1 is 1.41 bits per heavy atom. The fourth-order valence-corrected chi connectivity index (χ4v) is 1.20. The summed E-state index contributed by atoms with van der Waals surface area (Å²) in [5, 5.41) is 9.20. The Morgan fingerprint density at radius 2 is 1.94 bits per heavy atom. The molecule has 0 aromatic rings. The molecule has 0 aliphatic heterocycles. The molecule has 100 valence electrons. The summed E-state index contributed by atoms with van der Waals surface area (Å²) in [6.45, 7) is 5.38. The van der Waals surface area contributed by atoms with Gasteiger partial charge in [-0.25, -0.2) is 9.59 Å². The van der Waals surface area contributed by atoms with Gasteiger partial charge in [0.1, 0.15) is 11.6 Å². The molecule has 5 heteroatoms. The largest absolute Gasteiger partial charge is 0.480 e. The van der Waals surface area contributed by atoms with Crippen LogP contribution >= 0.6 is 0 Å². The summed E-state index contributed by atoms with van der Waals surface area (Å²) in [5.41, 5.74) is -0.901. The Hall–Kier alpha value is -1.26. The second-order valence-corrected chi connectivity index (χ2v) is 5.33. The van der Waals surface area contributed by atoms with Crippen LogP contribution in [0.1, 0.15) is 45.2 Å². The van der Waals surface area contributed by atoms with Crippen LogP contribution in [0.25, 0.3) is 0 Å². The van der Waals surface area contributed by atoms with Gasteiger partial charge in [-0.1, -0.05) is 13.8 Å². The van der Waals surface area contributed by atoms with Crippen molar-refractivity contribution in [1.82, 2.24) is 4.90 Å². The monoisotopic (exact) mass is 248 g/mol.